The number of benzene rings is 3. The van der Waals surface area contributed by atoms with Gasteiger partial charge in [0.15, 0.2) is 6.29 Å². The first-order valence-electron chi connectivity index (χ1n) is 8.59. The number of aldehydes is 1. The maximum absolute atomic E-state index is 10.9. The van der Waals surface area contributed by atoms with Crippen molar-refractivity contribution >= 4 is 39.4 Å². The van der Waals surface area contributed by atoms with Crippen molar-refractivity contribution < 1.29 is 14.6 Å². The van der Waals surface area contributed by atoms with Crippen LogP contribution in [0.25, 0.3) is 21.3 Å². The minimum Gasteiger partial charge on any atom is -0.507 e. The number of thiazole rings is 1. The lowest BCUT2D eigenvalue weighted by molar-refractivity contribution is 0.112. The lowest BCUT2D eigenvalue weighted by atomic mass is 9.96. The van der Waals surface area contributed by atoms with E-state index in [1.165, 1.54) is 12.1 Å². The molecule has 6 heteroatoms. The van der Waals surface area contributed by atoms with Crippen LogP contribution < -0.4 is 4.74 Å². The van der Waals surface area contributed by atoms with Crippen LogP contribution in [0.4, 0.5) is 0 Å². The van der Waals surface area contributed by atoms with Crippen LogP contribution in [0.2, 0.25) is 5.02 Å². The zero-order chi connectivity index (χ0) is 19.7. The Morgan fingerprint density at radius 1 is 1.21 bits per heavy atom. The van der Waals surface area contributed by atoms with Crippen LogP contribution in [-0.4, -0.2) is 16.4 Å². The Labute approximate surface area is 171 Å². The van der Waals surface area contributed by atoms with Gasteiger partial charge < -0.3 is 9.84 Å². The van der Waals surface area contributed by atoms with Gasteiger partial charge >= 0.3 is 0 Å². The number of aromatic nitrogens is 1. The average molecular weight is 410 g/mol. The van der Waals surface area contributed by atoms with Crippen LogP contribution in [0.15, 0.2) is 54.0 Å². The zero-order valence-corrected chi connectivity index (χ0v) is 16.6. The zero-order valence-electron chi connectivity index (χ0n) is 15.0. The van der Waals surface area contributed by atoms with Gasteiger partial charge in [-0.15, -0.1) is 11.3 Å². The number of carbonyl (C=O) groups excluding carboxylic acids is 1. The van der Waals surface area contributed by atoms with Crippen molar-refractivity contribution in [1.82, 2.24) is 4.98 Å². The number of carbonyl (C=O) groups is 1. The third-order valence-electron chi connectivity index (χ3n) is 4.68. The Morgan fingerprint density at radius 2 is 2.07 bits per heavy atom. The molecule has 0 aliphatic heterocycles. The fraction of sp³-hybridized carbons (Fsp3) is 0.0909. The largest absolute Gasteiger partial charge is 0.507 e. The molecule has 0 bridgehead atoms. The van der Waals surface area contributed by atoms with Gasteiger partial charge in [-0.3, -0.25) is 4.79 Å². The molecule has 0 unspecified atom stereocenters. The van der Waals surface area contributed by atoms with Gasteiger partial charge in [0.25, 0.3) is 0 Å². The highest BCUT2D eigenvalue weighted by molar-refractivity contribution is 7.16. The van der Waals surface area contributed by atoms with Gasteiger partial charge in [0, 0.05) is 6.07 Å². The van der Waals surface area contributed by atoms with E-state index in [-0.39, 0.29) is 22.9 Å². The van der Waals surface area contributed by atoms with Gasteiger partial charge in [0.1, 0.15) is 18.1 Å². The molecule has 4 rings (SSSR count). The maximum Gasteiger partial charge on any atom is 0.153 e. The van der Waals surface area contributed by atoms with Crippen molar-refractivity contribution in [3.8, 4) is 22.6 Å². The highest BCUT2D eigenvalue weighted by atomic mass is 35.5. The average Bonchev–Trinajstić information content (AvgIpc) is 3.17. The smallest absolute Gasteiger partial charge is 0.153 e. The fourth-order valence-electron chi connectivity index (χ4n) is 3.10. The summed E-state index contributed by atoms with van der Waals surface area (Å²) in [6.45, 7) is 2.34. The van der Waals surface area contributed by atoms with E-state index in [9.17, 15) is 9.90 Å². The molecule has 0 spiro atoms. The molecule has 0 fully saturated rings. The second kappa shape index (κ2) is 7.62. The molecule has 0 amide bonds. The molecular formula is C22H16ClNO3S. The molecule has 1 heterocycles. The molecular weight excluding hydrogens is 394 g/mol. The first kappa shape index (κ1) is 18.5. The highest BCUT2D eigenvalue weighted by Crippen LogP contribution is 2.33. The summed E-state index contributed by atoms with van der Waals surface area (Å²) >= 11 is 7.78. The summed E-state index contributed by atoms with van der Waals surface area (Å²) in [6.07, 6.45) is 0.553. The number of hydrogen-bond acceptors (Lipinski definition) is 5. The van der Waals surface area contributed by atoms with E-state index in [1.54, 1.807) is 11.3 Å². The Bertz CT molecular complexity index is 1190. The third kappa shape index (κ3) is 3.46. The molecule has 0 saturated carbocycles. The summed E-state index contributed by atoms with van der Waals surface area (Å²) in [5.74, 6) is 0.176. The van der Waals surface area contributed by atoms with E-state index < -0.39 is 0 Å². The van der Waals surface area contributed by atoms with E-state index in [2.05, 4.69) is 29.2 Å². The molecule has 4 aromatic rings. The third-order valence-corrected chi connectivity index (χ3v) is 5.78. The van der Waals surface area contributed by atoms with Crippen LogP contribution in [0.3, 0.4) is 0 Å². The topological polar surface area (TPSA) is 59.4 Å². The summed E-state index contributed by atoms with van der Waals surface area (Å²) in [7, 11) is 0. The molecule has 1 aromatic heterocycles. The fourth-order valence-corrected chi connectivity index (χ4v) is 3.98. The lowest BCUT2D eigenvalue weighted by Gasteiger charge is -2.14. The van der Waals surface area contributed by atoms with Crippen LogP contribution in [-0.2, 0) is 6.61 Å². The van der Waals surface area contributed by atoms with Gasteiger partial charge in [-0.1, -0.05) is 35.9 Å². The lowest BCUT2D eigenvalue weighted by Crippen LogP contribution is -2.00. The summed E-state index contributed by atoms with van der Waals surface area (Å²) < 4.78 is 6.98. The number of aromatic hydroxyl groups is 1. The summed E-state index contributed by atoms with van der Waals surface area (Å²) in [5, 5.41) is 10.1. The first-order valence-corrected chi connectivity index (χ1v) is 9.85. The van der Waals surface area contributed by atoms with Crippen molar-refractivity contribution in [3.63, 3.8) is 0 Å². The number of ether oxygens (including phenoxy) is 1. The Hall–Kier alpha value is -2.89. The van der Waals surface area contributed by atoms with E-state index >= 15 is 0 Å². The number of rotatable bonds is 5. The Morgan fingerprint density at radius 3 is 2.89 bits per heavy atom. The predicted octanol–water partition coefficient (Wildman–Crippen LogP) is 6.02. The summed E-state index contributed by atoms with van der Waals surface area (Å²) in [4.78, 5) is 15.3. The number of hydrogen-bond donors (Lipinski definition) is 1. The molecule has 0 saturated heterocycles. The van der Waals surface area contributed by atoms with E-state index in [4.69, 9.17) is 16.3 Å². The quantitative estimate of drug-likeness (QED) is 0.409. The Kier molecular flexibility index (Phi) is 5.03. The molecule has 0 aliphatic rings. The summed E-state index contributed by atoms with van der Waals surface area (Å²) in [6, 6.07) is 15.1. The normalized spacial score (nSPS) is 10.9. The molecule has 28 heavy (non-hydrogen) atoms. The second-order valence-corrected chi connectivity index (χ2v) is 7.67. The van der Waals surface area contributed by atoms with Crippen LogP contribution >= 0.6 is 22.9 Å². The number of fused-ring (bicyclic) bond motifs is 1. The van der Waals surface area contributed by atoms with Gasteiger partial charge in [-0.05, 0) is 47.4 Å². The number of halogens is 1. The van der Waals surface area contributed by atoms with Gasteiger partial charge in [0.05, 0.1) is 26.3 Å². The second-order valence-electron chi connectivity index (χ2n) is 6.37. The van der Waals surface area contributed by atoms with Crippen molar-refractivity contribution in [2.45, 2.75) is 13.5 Å². The molecule has 4 nitrogen and oxygen atoms in total. The molecule has 0 atom stereocenters. The maximum atomic E-state index is 10.9. The highest BCUT2D eigenvalue weighted by Gasteiger charge is 2.12. The van der Waals surface area contributed by atoms with Crippen molar-refractivity contribution in [2.24, 2.45) is 0 Å². The molecule has 140 valence electrons. The number of nitrogens with zero attached hydrogens (tertiary/aromatic N) is 1. The molecule has 0 aliphatic carbocycles. The van der Waals surface area contributed by atoms with Gasteiger partial charge in [-0.25, -0.2) is 4.98 Å². The molecule has 3 aromatic carbocycles. The first-order chi connectivity index (χ1) is 13.6. The van der Waals surface area contributed by atoms with Gasteiger partial charge in [-0.2, -0.15) is 0 Å². The van der Waals surface area contributed by atoms with E-state index in [1.807, 2.05) is 24.6 Å². The standard InChI is InChI=1S/C22H16ClNO3S/c1-13-15(11-27-21-9-20(26)16(10-25)7-18(21)23)3-2-4-17(13)14-5-6-22-19(8-14)24-12-28-22/h2-10,12,26H,11H2,1H3. The van der Waals surface area contributed by atoms with Gasteiger partial charge in [0.2, 0.25) is 0 Å². The van der Waals surface area contributed by atoms with Crippen molar-refractivity contribution in [2.75, 3.05) is 0 Å². The van der Waals surface area contributed by atoms with Crippen LogP contribution in [0.1, 0.15) is 21.5 Å². The monoisotopic (exact) mass is 409 g/mol. The van der Waals surface area contributed by atoms with Crippen LogP contribution in [0, 0.1) is 6.92 Å². The van der Waals surface area contributed by atoms with E-state index in [0.29, 0.717) is 12.0 Å². The minimum absolute atomic E-state index is 0.132. The number of phenols is 1. The predicted molar refractivity (Wildman–Crippen MR) is 113 cm³/mol. The molecule has 0 radical (unpaired) electrons. The minimum atomic E-state index is -0.156. The number of phenolic OH excluding ortho intramolecular Hbond substituents is 1. The summed E-state index contributed by atoms with van der Waals surface area (Å²) in [5.41, 5.74) is 7.28. The van der Waals surface area contributed by atoms with Crippen molar-refractivity contribution in [1.29, 1.82) is 0 Å². The SMILES string of the molecule is Cc1c(COc2cc(O)c(C=O)cc2Cl)cccc1-c1ccc2scnc2c1. The van der Waals surface area contributed by atoms with E-state index in [0.717, 1.165) is 32.5 Å². The van der Waals surface area contributed by atoms with Crippen LogP contribution in [0.5, 0.6) is 11.5 Å². The Balaban J connectivity index is 1.62. The molecule has 1 N–H and O–H groups in total. The van der Waals surface area contributed by atoms with Crippen molar-refractivity contribution in [3.05, 3.63) is 75.8 Å².